The highest BCUT2D eigenvalue weighted by Crippen LogP contribution is 2.52. The van der Waals surface area contributed by atoms with Gasteiger partial charge in [0.05, 0.1) is 11.8 Å². The summed E-state index contributed by atoms with van der Waals surface area (Å²) in [4.78, 5) is 46.0. The summed E-state index contributed by atoms with van der Waals surface area (Å²) in [6.07, 6.45) is 5.85. The van der Waals surface area contributed by atoms with Gasteiger partial charge in [0.25, 0.3) is 0 Å². The van der Waals surface area contributed by atoms with E-state index in [0.29, 0.717) is 18.3 Å². The molecule has 1 aromatic carbocycles. The monoisotopic (exact) mass is 409 g/mol. The first-order valence-corrected chi connectivity index (χ1v) is 11.2. The Morgan fingerprint density at radius 1 is 1.07 bits per heavy atom. The van der Waals surface area contributed by atoms with Crippen LogP contribution >= 0.6 is 11.8 Å². The molecular formula is C22H23N3O3S. The molecule has 1 aromatic rings. The van der Waals surface area contributed by atoms with Crippen molar-refractivity contribution in [3.63, 3.8) is 0 Å². The van der Waals surface area contributed by atoms with Gasteiger partial charge in [-0.3, -0.25) is 29.2 Å². The first kappa shape index (κ1) is 18.6. The Kier molecular flexibility index (Phi) is 4.78. The molecule has 3 fully saturated rings. The van der Waals surface area contributed by atoms with Gasteiger partial charge in [-0.25, -0.2) is 0 Å². The number of allylic oxidation sites excluding steroid dienone is 2. The van der Waals surface area contributed by atoms with Crippen LogP contribution in [-0.4, -0.2) is 58.1 Å². The van der Waals surface area contributed by atoms with E-state index >= 15 is 0 Å². The molecule has 2 aliphatic heterocycles. The molecule has 2 saturated heterocycles. The number of rotatable bonds is 5. The number of aliphatic imine (C=N–C) groups is 1. The summed E-state index contributed by atoms with van der Waals surface area (Å²) >= 11 is 1.56. The molecule has 0 N–H and O–H groups in total. The van der Waals surface area contributed by atoms with Crippen LogP contribution in [0.5, 0.6) is 0 Å². The second kappa shape index (κ2) is 7.44. The van der Waals surface area contributed by atoms with Gasteiger partial charge in [-0.15, -0.1) is 0 Å². The molecule has 0 spiro atoms. The minimum Gasteiger partial charge on any atom is -0.289 e. The van der Waals surface area contributed by atoms with E-state index < -0.39 is 0 Å². The number of hydrogen-bond acceptors (Lipinski definition) is 5. The normalized spacial score (nSPS) is 31.4. The molecule has 0 aromatic heterocycles. The number of likely N-dealkylation sites (tertiary alicyclic amines) is 1. The van der Waals surface area contributed by atoms with Gasteiger partial charge in [0, 0.05) is 18.8 Å². The summed E-state index contributed by atoms with van der Waals surface area (Å²) in [6, 6.07) is 10.1. The Balaban J connectivity index is 1.23. The Bertz CT molecular complexity index is 883. The van der Waals surface area contributed by atoms with Gasteiger partial charge < -0.3 is 0 Å². The number of nitrogens with zero attached hydrogens (tertiary/aromatic N) is 3. The number of thioether (sulfide) groups is 1. The molecule has 4 aliphatic rings. The fourth-order valence-corrected chi connectivity index (χ4v) is 6.02. The maximum absolute atomic E-state index is 12.9. The van der Waals surface area contributed by atoms with Gasteiger partial charge >= 0.3 is 0 Å². The SMILES string of the molecule is O=C(CN1C(=O)[C@@H]2[C@@H](C1=O)[C@H]1C=C[C@@H]2C1)N1CCSC1=NCCc1ccccc1. The van der Waals surface area contributed by atoms with Gasteiger partial charge in [0.1, 0.15) is 6.54 Å². The number of benzene rings is 1. The molecular weight excluding hydrogens is 386 g/mol. The van der Waals surface area contributed by atoms with E-state index in [1.165, 1.54) is 10.5 Å². The fourth-order valence-electron chi connectivity index (χ4n) is 5.03. The third-order valence-corrected chi connectivity index (χ3v) is 7.42. The average molecular weight is 410 g/mol. The summed E-state index contributed by atoms with van der Waals surface area (Å²) in [5.74, 6) is 0.0686. The van der Waals surface area contributed by atoms with Crippen molar-refractivity contribution in [1.82, 2.24) is 9.80 Å². The molecule has 2 heterocycles. The predicted octanol–water partition coefficient (Wildman–Crippen LogP) is 1.97. The van der Waals surface area contributed by atoms with Crippen LogP contribution in [-0.2, 0) is 20.8 Å². The van der Waals surface area contributed by atoms with Crippen molar-refractivity contribution in [2.75, 3.05) is 25.4 Å². The van der Waals surface area contributed by atoms with Gasteiger partial charge in [0.15, 0.2) is 5.17 Å². The maximum atomic E-state index is 12.9. The quantitative estimate of drug-likeness (QED) is 0.551. The molecule has 3 amide bonds. The Hall–Kier alpha value is -2.41. The molecule has 2 bridgehead atoms. The molecule has 2 aliphatic carbocycles. The van der Waals surface area contributed by atoms with Gasteiger partial charge in [-0.1, -0.05) is 54.2 Å². The zero-order valence-corrected chi connectivity index (χ0v) is 16.9. The number of carbonyl (C=O) groups is 3. The van der Waals surface area contributed by atoms with Crippen LogP contribution in [0.3, 0.4) is 0 Å². The fraction of sp³-hybridized carbons (Fsp3) is 0.455. The standard InChI is InChI=1S/C22H23N3O3S/c26-17(13-25-20(27)18-15-6-7-16(12-15)19(18)21(25)28)24-10-11-29-22(24)23-9-8-14-4-2-1-3-5-14/h1-7,15-16,18-19H,8-13H2/t15-,16+,18-,19-/m0/s1. The Morgan fingerprint density at radius 2 is 1.76 bits per heavy atom. The van der Waals surface area contributed by atoms with Crippen LogP contribution in [0.2, 0.25) is 0 Å². The molecule has 7 heteroatoms. The highest BCUT2D eigenvalue weighted by Gasteiger charge is 2.59. The summed E-state index contributed by atoms with van der Waals surface area (Å²) < 4.78 is 0. The summed E-state index contributed by atoms with van der Waals surface area (Å²) in [6.45, 7) is 1.02. The first-order chi connectivity index (χ1) is 14.1. The highest BCUT2D eigenvalue weighted by molar-refractivity contribution is 8.14. The lowest BCUT2D eigenvalue weighted by atomic mass is 9.85. The van der Waals surface area contributed by atoms with Crippen molar-refractivity contribution in [2.45, 2.75) is 12.8 Å². The van der Waals surface area contributed by atoms with E-state index in [1.807, 2.05) is 18.2 Å². The highest BCUT2D eigenvalue weighted by atomic mass is 32.2. The summed E-state index contributed by atoms with van der Waals surface area (Å²) in [5, 5.41) is 0.701. The molecule has 1 saturated carbocycles. The number of imide groups is 1. The number of hydrogen-bond donors (Lipinski definition) is 0. The zero-order valence-electron chi connectivity index (χ0n) is 16.1. The number of amidine groups is 1. The molecule has 0 unspecified atom stereocenters. The molecule has 150 valence electrons. The van der Waals surface area contributed by atoms with Crippen LogP contribution < -0.4 is 0 Å². The number of amides is 3. The minimum atomic E-state index is -0.253. The van der Waals surface area contributed by atoms with E-state index in [-0.39, 0.29) is 47.9 Å². The van der Waals surface area contributed by atoms with E-state index in [0.717, 1.165) is 18.6 Å². The maximum Gasteiger partial charge on any atom is 0.248 e. The van der Waals surface area contributed by atoms with Crippen molar-refractivity contribution in [1.29, 1.82) is 0 Å². The Morgan fingerprint density at radius 3 is 2.45 bits per heavy atom. The molecule has 0 radical (unpaired) electrons. The van der Waals surface area contributed by atoms with E-state index in [2.05, 4.69) is 29.3 Å². The van der Waals surface area contributed by atoms with Crippen LogP contribution in [0, 0.1) is 23.7 Å². The van der Waals surface area contributed by atoms with Crippen molar-refractivity contribution in [2.24, 2.45) is 28.7 Å². The molecule has 29 heavy (non-hydrogen) atoms. The van der Waals surface area contributed by atoms with Crippen LogP contribution in [0.25, 0.3) is 0 Å². The van der Waals surface area contributed by atoms with Gasteiger partial charge in [-0.2, -0.15) is 0 Å². The van der Waals surface area contributed by atoms with Crippen molar-refractivity contribution < 1.29 is 14.4 Å². The number of fused-ring (bicyclic) bond motifs is 5. The summed E-state index contributed by atoms with van der Waals surface area (Å²) in [7, 11) is 0. The van der Waals surface area contributed by atoms with Crippen molar-refractivity contribution >= 4 is 34.7 Å². The number of carbonyl (C=O) groups excluding carboxylic acids is 3. The smallest absolute Gasteiger partial charge is 0.248 e. The lowest BCUT2D eigenvalue weighted by molar-refractivity contribution is -0.145. The predicted molar refractivity (Wildman–Crippen MR) is 111 cm³/mol. The Labute approximate surface area is 174 Å². The van der Waals surface area contributed by atoms with Crippen LogP contribution in [0.15, 0.2) is 47.5 Å². The van der Waals surface area contributed by atoms with Crippen LogP contribution in [0.4, 0.5) is 0 Å². The second-order valence-electron chi connectivity index (χ2n) is 8.06. The molecule has 5 rings (SSSR count). The van der Waals surface area contributed by atoms with E-state index in [1.54, 1.807) is 16.7 Å². The van der Waals surface area contributed by atoms with Crippen molar-refractivity contribution in [3.05, 3.63) is 48.0 Å². The molecule has 6 nitrogen and oxygen atoms in total. The topological polar surface area (TPSA) is 70.1 Å². The van der Waals surface area contributed by atoms with E-state index in [4.69, 9.17) is 0 Å². The van der Waals surface area contributed by atoms with E-state index in [9.17, 15) is 14.4 Å². The van der Waals surface area contributed by atoms with Crippen molar-refractivity contribution in [3.8, 4) is 0 Å². The third kappa shape index (κ3) is 3.21. The summed E-state index contributed by atoms with van der Waals surface area (Å²) in [5.41, 5.74) is 1.21. The third-order valence-electron chi connectivity index (χ3n) is 6.42. The van der Waals surface area contributed by atoms with Gasteiger partial charge in [0.2, 0.25) is 17.7 Å². The van der Waals surface area contributed by atoms with Gasteiger partial charge in [-0.05, 0) is 30.2 Å². The second-order valence-corrected chi connectivity index (χ2v) is 9.12. The lowest BCUT2D eigenvalue weighted by Gasteiger charge is -2.21. The van der Waals surface area contributed by atoms with Crippen LogP contribution in [0.1, 0.15) is 12.0 Å². The lowest BCUT2D eigenvalue weighted by Crippen LogP contribution is -2.44. The molecule has 4 atom stereocenters. The largest absolute Gasteiger partial charge is 0.289 e. The average Bonchev–Trinajstić information content (AvgIpc) is 3.50. The minimum absolute atomic E-state index is 0.164. The first-order valence-electron chi connectivity index (χ1n) is 10.2. The zero-order chi connectivity index (χ0) is 20.0.